The molecule has 1 saturated carbocycles. The lowest BCUT2D eigenvalue weighted by Crippen LogP contribution is -2.43. The number of ether oxygens (including phenoxy) is 1. The van der Waals surface area contributed by atoms with E-state index in [0.29, 0.717) is 6.54 Å². The number of hydrogen-bond donors (Lipinski definition) is 0. The Balaban J connectivity index is 1.55. The predicted octanol–water partition coefficient (Wildman–Crippen LogP) is 4.21. The van der Waals surface area contributed by atoms with Crippen molar-refractivity contribution in [1.82, 2.24) is 9.88 Å². The average molecular weight is 379 g/mol. The smallest absolute Gasteiger partial charge is 0.358 e. The molecule has 0 bridgehead atoms. The van der Waals surface area contributed by atoms with Crippen molar-refractivity contribution in [2.45, 2.75) is 45.1 Å². The van der Waals surface area contributed by atoms with E-state index in [1.807, 2.05) is 28.7 Å². The first-order valence-corrected chi connectivity index (χ1v) is 10.5. The van der Waals surface area contributed by atoms with Crippen molar-refractivity contribution in [3.8, 4) is 10.6 Å². The van der Waals surface area contributed by atoms with Gasteiger partial charge < -0.3 is 9.64 Å². The van der Waals surface area contributed by atoms with Crippen LogP contribution in [0.3, 0.4) is 0 Å². The van der Waals surface area contributed by atoms with Gasteiger partial charge >= 0.3 is 5.97 Å². The molecule has 1 fully saturated rings. The first-order chi connectivity index (χ1) is 12.2. The molecule has 2 aromatic rings. The van der Waals surface area contributed by atoms with E-state index in [1.165, 1.54) is 30.6 Å². The van der Waals surface area contributed by atoms with Crippen LogP contribution in [0.1, 0.15) is 49.5 Å². The van der Waals surface area contributed by atoms with Gasteiger partial charge in [0.05, 0.1) is 0 Å². The molecule has 0 radical (unpaired) electrons. The zero-order valence-electron chi connectivity index (χ0n) is 14.3. The SMILES string of the molecule is CCN(C(=O)COC(=O)c1csc(-c2ccsc2)n1)C1CCCCC1. The summed E-state index contributed by atoms with van der Waals surface area (Å²) in [6.45, 7) is 2.41. The van der Waals surface area contributed by atoms with Gasteiger partial charge in [-0.2, -0.15) is 11.3 Å². The molecule has 1 amide bonds. The molecule has 0 atom stereocenters. The van der Waals surface area contributed by atoms with E-state index in [0.717, 1.165) is 23.4 Å². The van der Waals surface area contributed by atoms with Crippen LogP contribution in [0.4, 0.5) is 0 Å². The Morgan fingerprint density at radius 3 is 2.76 bits per heavy atom. The number of likely N-dealkylation sites (N-methyl/N-ethyl adjacent to an activating group) is 1. The topological polar surface area (TPSA) is 59.5 Å². The van der Waals surface area contributed by atoms with E-state index in [4.69, 9.17) is 4.74 Å². The normalized spacial score (nSPS) is 15.1. The first-order valence-electron chi connectivity index (χ1n) is 8.63. The number of carbonyl (C=O) groups is 2. The highest BCUT2D eigenvalue weighted by Crippen LogP contribution is 2.26. The van der Waals surface area contributed by atoms with Gasteiger partial charge in [-0.3, -0.25) is 4.79 Å². The van der Waals surface area contributed by atoms with Gasteiger partial charge in [0, 0.05) is 28.9 Å². The van der Waals surface area contributed by atoms with E-state index in [2.05, 4.69) is 4.98 Å². The lowest BCUT2D eigenvalue weighted by atomic mass is 9.94. The monoisotopic (exact) mass is 378 g/mol. The van der Waals surface area contributed by atoms with Crippen molar-refractivity contribution in [3.05, 3.63) is 27.9 Å². The molecule has 25 heavy (non-hydrogen) atoms. The lowest BCUT2D eigenvalue weighted by Gasteiger charge is -2.33. The van der Waals surface area contributed by atoms with Crippen molar-refractivity contribution in [2.24, 2.45) is 0 Å². The second-order valence-corrected chi connectivity index (χ2v) is 7.74. The summed E-state index contributed by atoms with van der Waals surface area (Å²) in [6.07, 6.45) is 5.66. The van der Waals surface area contributed by atoms with Gasteiger partial charge in [0.1, 0.15) is 5.01 Å². The number of hydrogen-bond acceptors (Lipinski definition) is 6. The van der Waals surface area contributed by atoms with Crippen molar-refractivity contribution in [2.75, 3.05) is 13.2 Å². The van der Waals surface area contributed by atoms with Crippen LogP contribution in [-0.4, -0.2) is 41.0 Å². The Hall–Kier alpha value is -1.73. The van der Waals surface area contributed by atoms with Crippen LogP contribution in [0, 0.1) is 0 Å². The molecule has 0 unspecified atom stereocenters. The molecule has 0 saturated heterocycles. The third kappa shape index (κ3) is 4.46. The highest BCUT2D eigenvalue weighted by atomic mass is 32.1. The molecular formula is C18H22N2O3S2. The lowest BCUT2D eigenvalue weighted by molar-refractivity contribution is -0.137. The van der Waals surface area contributed by atoms with Gasteiger partial charge in [-0.1, -0.05) is 19.3 Å². The minimum absolute atomic E-state index is 0.115. The Morgan fingerprint density at radius 2 is 2.08 bits per heavy atom. The van der Waals surface area contributed by atoms with Crippen LogP contribution in [0.5, 0.6) is 0 Å². The van der Waals surface area contributed by atoms with Crippen LogP contribution >= 0.6 is 22.7 Å². The highest BCUT2D eigenvalue weighted by molar-refractivity contribution is 7.14. The van der Waals surface area contributed by atoms with Crippen LogP contribution < -0.4 is 0 Å². The third-order valence-corrected chi connectivity index (χ3v) is 6.06. The predicted molar refractivity (Wildman–Crippen MR) is 100.0 cm³/mol. The Labute approximate surface area is 155 Å². The van der Waals surface area contributed by atoms with E-state index in [1.54, 1.807) is 16.7 Å². The minimum Gasteiger partial charge on any atom is -0.451 e. The molecule has 3 rings (SSSR count). The number of aromatic nitrogens is 1. The molecule has 7 heteroatoms. The maximum Gasteiger partial charge on any atom is 0.358 e. The average Bonchev–Trinajstić information content (AvgIpc) is 3.32. The van der Waals surface area contributed by atoms with Gasteiger partial charge in [0.25, 0.3) is 5.91 Å². The Kier molecular flexibility index (Phi) is 6.20. The maximum absolute atomic E-state index is 12.4. The fourth-order valence-electron chi connectivity index (χ4n) is 3.20. The molecule has 1 aliphatic carbocycles. The summed E-state index contributed by atoms with van der Waals surface area (Å²) in [5, 5.41) is 6.43. The first kappa shape index (κ1) is 18.1. The molecule has 0 spiro atoms. The summed E-state index contributed by atoms with van der Waals surface area (Å²) in [6, 6.07) is 2.25. The molecule has 0 aromatic carbocycles. The molecule has 134 valence electrons. The molecule has 0 aliphatic heterocycles. The Bertz CT molecular complexity index is 706. The van der Waals surface area contributed by atoms with Crippen molar-refractivity contribution in [3.63, 3.8) is 0 Å². The Morgan fingerprint density at radius 1 is 1.28 bits per heavy atom. The number of carbonyl (C=O) groups excluding carboxylic acids is 2. The quantitative estimate of drug-likeness (QED) is 0.707. The zero-order valence-corrected chi connectivity index (χ0v) is 15.9. The van der Waals surface area contributed by atoms with E-state index in [-0.39, 0.29) is 24.2 Å². The van der Waals surface area contributed by atoms with Crippen molar-refractivity contribution < 1.29 is 14.3 Å². The summed E-state index contributed by atoms with van der Waals surface area (Å²) in [5.74, 6) is -0.651. The van der Waals surface area contributed by atoms with E-state index < -0.39 is 5.97 Å². The van der Waals surface area contributed by atoms with E-state index >= 15 is 0 Å². The number of nitrogens with zero attached hydrogens (tertiary/aromatic N) is 2. The van der Waals surface area contributed by atoms with Crippen LogP contribution in [-0.2, 0) is 9.53 Å². The molecule has 0 N–H and O–H groups in total. The molecule has 2 heterocycles. The summed E-state index contributed by atoms with van der Waals surface area (Å²) in [4.78, 5) is 30.8. The second-order valence-electron chi connectivity index (χ2n) is 6.10. The van der Waals surface area contributed by atoms with Gasteiger partial charge in [0.2, 0.25) is 0 Å². The van der Waals surface area contributed by atoms with Crippen LogP contribution in [0.25, 0.3) is 10.6 Å². The van der Waals surface area contributed by atoms with Crippen LogP contribution in [0.2, 0.25) is 0 Å². The van der Waals surface area contributed by atoms with Gasteiger partial charge in [-0.05, 0) is 31.2 Å². The second kappa shape index (κ2) is 8.58. The number of thiophene rings is 1. The third-order valence-electron chi connectivity index (χ3n) is 4.48. The molecule has 5 nitrogen and oxygen atoms in total. The van der Waals surface area contributed by atoms with Gasteiger partial charge in [0.15, 0.2) is 12.3 Å². The summed E-state index contributed by atoms with van der Waals surface area (Å²) < 4.78 is 5.21. The molecular weight excluding hydrogens is 356 g/mol. The highest BCUT2D eigenvalue weighted by Gasteiger charge is 2.25. The summed E-state index contributed by atoms with van der Waals surface area (Å²) in [5.41, 5.74) is 1.26. The zero-order chi connectivity index (χ0) is 17.6. The van der Waals surface area contributed by atoms with Crippen LogP contribution in [0.15, 0.2) is 22.2 Å². The summed E-state index contributed by atoms with van der Waals surface area (Å²) >= 11 is 2.99. The fraction of sp³-hybridized carbons (Fsp3) is 0.500. The standard InChI is InChI=1S/C18H22N2O3S2/c1-2-20(14-6-4-3-5-7-14)16(21)10-23-18(22)15-12-25-17(19-15)13-8-9-24-11-13/h8-9,11-12,14H,2-7,10H2,1H3. The summed E-state index contributed by atoms with van der Waals surface area (Å²) in [7, 11) is 0. The van der Waals surface area contributed by atoms with E-state index in [9.17, 15) is 9.59 Å². The molecule has 1 aliphatic rings. The number of rotatable bonds is 6. The number of esters is 1. The van der Waals surface area contributed by atoms with Gasteiger partial charge in [-0.25, -0.2) is 9.78 Å². The number of amides is 1. The van der Waals surface area contributed by atoms with Crippen molar-refractivity contribution in [1.29, 1.82) is 0 Å². The van der Waals surface area contributed by atoms with Gasteiger partial charge in [-0.15, -0.1) is 11.3 Å². The molecule has 2 aromatic heterocycles. The maximum atomic E-state index is 12.4. The minimum atomic E-state index is -0.536. The fourth-order valence-corrected chi connectivity index (χ4v) is 4.70. The largest absolute Gasteiger partial charge is 0.451 e. The number of thiazole rings is 1. The van der Waals surface area contributed by atoms with Crippen molar-refractivity contribution >= 4 is 34.6 Å².